The highest BCUT2D eigenvalue weighted by atomic mass is 79.9. The summed E-state index contributed by atoms with van der Waals surface area (Å²) in [5.41, 5.74) is 6.91. The van der Waals surface area contributed by atoms with E-state index in [2.05, 4.69) is 15.9 Å². The van der Waals surface area contributed by atoms with Gasteiger partial charge in [-0.2, -0.15) is 0 Å². The van der Waals surface area contributed by atoms with E-state index in [0.717, 1.165) is 9.37 Å². The SMILES string of the molecule is Nc1cc(Br)ccc1SCc1ccc(C(=O)O)c(F)c1. The minimum Gasteiger partial charge on any atom is -0.478 e. The molecule has 3 nitrogen and oxygen atoms in total. The van der Waals surface area contributed by atoms with Gasteiger partial charge in [0.2, 0.25) is 0 Å². The molecule has 104 valence electrons. The summed E-state index contributed by atoms with van der Waals surface area (Å²) >= 11 is 4.80. The van der Waals surface area contributed by atoms with Crippen LogP contribution in [0.3, 0.4) is 0 Å². The van der Waals surface area contributed by atoms with Crippen LogP contribution in [0.15, 0.2) is 45.8 Å². The highest BCUT2D eigenvalue weighted by Gasteiger charge is 2.10. The number of anilines is 1. The molecule has 0 fully saturated rings. The Kier molecular flexibility index (Phi) is 4.67. The van der Waals surface area contributed by atoms with E-state index in [4.69, 9.17) is 10.8 Å². The number of carboxylic acids is 1. The Morgan fingerprint density at radius 2 is 2.05 bits per heavy atom. The van der Waals surface area contributed by atoms with E-state index in [1.807, 2.05) is 12.1 Å². The maximum atomic E-state index is 13.5. The third-order valence-corrected chi connectivity index (χ3v) is 4.28. The molecule has 2 rings (SSSR count). The Balaban J connectivity index is 2.11. The highest BCUT2D eigenvalue weighted by Crippen LogP contribution is 2.30. The predicted octanol–water partition coefficient (Wildman–Crippen LogP) is 4.16. The molecule has 0 aliphatic carbocycles. The molecule has 20 heavy (non-hydrogen) atoms. The lowest BCUT2D eigenvalue weighted by Crippen LogP contribution is -2.00. The second-order valence-electron chi connectivity index (χ2n) is 4.09. The third kappa shape index (κ3) is 3.52. The normalized spacial score (nSPS) is 10.5. The van der Waals surface area contributed by atoms with Crippen LogP contribution in [-0.2, 0) is 5.75 Å². The van der Waals surface area contributed by atoms with Crippen LogP contribution in [0, 0.1) is 5.82 Å². The molecule has 0 aliphatic heterocycles. The molecule has 2 aromatic rings. The minimum atomic E-state index is -1.26. The monoisotopic (exact) mass is 355 g/mol. The number of carboxylic acid groups (broad SMARTS) is 1. The molecular weight excluding hydrogens is 345 g/mol. The maximum absolute atomic E-state index is 13.5. The van der Waals surface area contributed by atoms with Crippen molar-refractivity contribution >= 4 is 39.3 Å². The summed E-state index contributed by atoms with van der Waals surface area (Å²) in [5.74, 6) is -1.47. The van der Waals surface area contributed by atoms with Gasteiger partial charge in [-0.15, -0.1) is 11.8 Å². The first-order valence-corrected chi connectivity index (χ1v) is 7.45. The van der Waals surface area contributed by atoms with E-state index in [1.165, 1.54) is 23.9 Å². The number of nitrogen functional groups attached to an aromatic ring is 1. The molecule has 0 amide bonds. The first-order chi connectivity index (χ1) is 9.47. The van der Waals surface area contributed by atoms with E-state index >= 15 is 0 Å². The Hall–Kier alpha value is -1.53. The number of rotatable bonds is 4. The topological polar surface area (TPSA) is 63.3 Å². The van der Waals surface area contributed by atoms with E-state index < -0.39 is 11.8 Å². The lowest BCUT2D eigenvalue weighted by Gasteiger charge is -2.07. The second-order valence-corrected chi connectivity index (χ2v) is 6.02. The van der Waals surface area contributed by atoms with Crippen LogP contribution in [0.4, 0.5) is 10.1 Å². The van der Waals surface area contributed by atoms with Crippen molar-refractivity contribution in [3.63, 3.8) is 0 Å². The molecule has 6 heteroatoms. The van der Waals surface area contributed by atoms with Gasteiger partial charge >= 0.3 is 5.97 Å². The zero-order valence-corrected chi connectivity index (χ0v) is 12.7. The summed E-state index contributed by atoms with van der Waals surface area (Å²) in [6.45, 7) is 0. The second kappa shape index (κ2) is 6.28. The van der Waals surface area contributed by atoms with Crippen molar-refractivity contribution < 1.29 is 14.3 Å². The van der Waals surface area contributed by atoms with Gasteiger partial charge < -0.3 is 10.8 Å². The van der Waals surface area contributed by atoms with Crippen molar-refractivity contribution in [3.8, 4) is 0 Å². The van der Waals surface area contributed by atoms with Gasteiger partial charge in [-0.05, 0) is 35.9 Å². The summed E-state index contributed by atoms with van der Waals surface area (Å²) in [4.78, 5) is 11.6. The van der Waals surface area contributed by atoms with Crippen LogP contribution < -0.4 is 5.73 Å². The Labute approximate surface area is 128 Å². The molecule has 0 bridgehead atoms. The number of thioether (sulfide) groups is 1. The lowest BCUT2D eigenvalue weighted by molar-refractivity contribution is 0.0692. The van der Waals surface area contributed by atoms with Gasteiger partial charge in [0.1, 0.15) is 5.82 Å². The van der Waals surface area contributed by atoms with Gasteiger partial charge in [0.15, 0.2) is 0 Å². The van der Waals surface area contributed by atoms with Crippen molar-refractivity contribution in [2.45, 2.75) is 10.6 Å². The number of hydrogen-bond donors (Lipinski definition) is 2. The van der Waals surface area contributed by atoms with Gasteiger partial charge in [0, 0.05) is 20.8 Å². The third-order valence-electron chi connectivity index (χ3n) is 2.63. The van der Waals surface area contributed by atoms with E-state index in [9.17, 15) is 9.18 Å². The van der Waals surface area contributed by atoms with Gasteiger partial charge in [-0.1, -0.05) is 22.0 Å². The molecule has 0 radical (unpaired) electrons. The fourth-order valence-corrected chi connectivity index (χ4v) is 2.90. The lowest BCUT2D eigenvalue weighted by atomic mass is 10.1. The predicted molar refractivity (Wildman–Crippen MR) is 81.5 cm³/mol. The Morgan fingerprint density at radius 1 is 1.30 bits per heavy atom. The fraction of sp³-hybridized carbons (Fsp3) is 0.0714. The average molecular weight is 356 g/mol. The van der Waals surface area contributed by atoms with Crippen molar-refractivity contribution in [1.82, 2.24) is 0 Å². The first-order valence-electron chi connectivity index (χ1n) is 5.67. The van der Waals surface area contributed by atoms with Gasteiger partial charge in [-0.3, -0.25) is 0 Å². The molecule has 0 atom stereocenters. The largest absolute Gasteiger partial charge is 0.478 e. The van der Waals surface area contributed by atoms with Crippen LogP contribution in [0.25, 0.3) is 0 Å². The summed E-state index contributed by atoms with van der Waals surface area (Å²) in [7, 11) is 0. The van der Waals surface area contributed by atoms with E-state index in [-0.39, 0.29) is 5.56 Å². The molecule has 0 saturated heterocycles. The van der Waals surface area contributed by atoms with Crippen molar-refractivity contribution in [3.05, 3.63) is 57.8 Å². The Bertz CT molecular complexity index is 664. The number of benzene rings is 2. The molecule has 2 aromatic carbocycles. The van der Waals surface area contributed by atoms with Crippen molar-refractivity contribution in [2.75, 3.05) is 5.73 Å². The van der Waals surface area contributed by atoms with E-state index in [0.29, 0.717) is 17.0 Å². The quantitative estimate of drug-likeness (QED) is 0.638. The van der Waals surface area contributed by atoms with Crippen molar-refractivity contribution in [1.29, 1.82) is 0 Å². The van der Waals surface area contributed by atoms with Crippen LogP contribution in [0.1, 0.15) is 15.9 Å². The molecule has 0 spiro atoms. The first kappa shape index (κ1) is 14.9. The molecule has 0 saturated carbocycles. The molecule has 0 heterocycles. The minimum absolute atomic E-state index is 0.318. The highest BCUT2D eigenvalue weighted by molar-refractivity contribution is 9.10. The summed E-state index contributed by atoms with van der Waals surface area (Å²) < 4.78 is 14.4. The number of carbonyl (C=O) groups is 1. The zero-order chi connectivity index (χ0) is 14.7. The molecular formula is C14H11BrFNO2S. The van der Waals surface area contributed by atoms with Crippen molar-refractivity contribution in [2.24, 2.45) is 0 Å². The molecule has 0 aliphatic rings. The molecule has 0 aromatic heterocycles. The fourth-order valence-electron chi connectivity index (χ4n) is 1.63. The van der Waals surface area contributed by atoms with Crippen LogP contribution >= 0.6 is 27.7 Å². The molecule has 3 N–H and O–H groups in total. The summed E-state index contributed by atoms with van der Waals surface area (Å²) in [6, 6.07) is 9.69. The van der Waals surface area contributed by atoms with Crippen LogP contribution in [0.2, 0.25) is 0 Å². The van der Waals surface area contributed by atoms with Crippen LogP contribution in [-0.4, -0.2) is 11.1 Å². The number of halogens is 2. The van der Waals surface area contributed by atoms with Crippen LogP contribution in [0.5, 0.6) is 0 Å². The Morgan fingerprint density at radius 3 is 2.65 bits per heavy atom. The number of nitrogens with two attached hydrogens (primary N) is 1. The summed E-state index contributed by atoms with van der Waals surface area (Å²) in [5, 5.41) is 8.76. The molecule has 0 unspecified atom stereocenters. The maximum Gasteiger partial charge on any atom is 0.338 e. The van der Waals surface area contributed by atoms with Gasteiger partial charge in [-0.25, -0.2) is 9.18 Å². The average Bonchev–Trinajstić information content (AvgIpc) is 2.37. The van der Waals surface area contributed by atoms with Gasteiger partial charge in [0.05, 0.1) is 5.56 Å². The standard InChI is InChI=1S/C14H11BrFNO2S/c15-9-2-4-13(12(17)6-9)20-7-8-1-3-10(14(18)19)11(16)5-8/h1-6H,7,17H2,(H,18,19). The number of hydrogen-bond acceptors (Lipinski definition) is 3. The smallest absolute Gasteiger partial charge is 0.338 e. The zero-order valence-electron chi connectivity index (χ0n) is 10.3. The number of aromatic carboxylic acids is 1. The van der Waals surface area contributed by atoms with E-state index in [1.54, 1.807) is 12.1 Å². The van der Waals surface area contributed by atoms with Gasteiger partial charge in [0.25, 0.3) is 0 Å². The summed E-state index contributed by atoms with van der Waals surface area (Å²) in [6.07, 6.45) is 0.